The van der Waals surface area contributed by atoms with Gasteiger partial charge in [-0.2, -0.15) is 0 Å². The van der Waals surface area contributed by atoms with E-state index in [4.69, 9.17) is 9.72 Å². The largest absolute Gasteiger partial charge is 0.496 e. The van der Waals surface area contributed by atoms with Gasteiger partial charge in [0.05, 0.1) is 30.3 Å². The SMILES string of the molecule is COc1ccccc1CCNC(=O)CSc1nc2ccccc2c(=O)n1Cc1ccc(C)cc1. The van der Waals surface area contributed by atoms with Gasteiger partial charge < -0.3 is 10.1 Å². The van der Waals surface area contributed by atoms with Crippen molar-refractivity contribution in [2.24, 2.45) is 0 Å². The second-order valence-electron chi connectivity index (χ2n) is 7.99. The minimum atomic E-state index is -0.107. The topological polar surface area (TPSA) is 73.2 Å². The molecule has 0 aliphatic carbocycles. The lowest BCUT2D eigenvalue weighted by Crippen LogP contribution is -2.28. The normalized spacial score (nSPS) is 10.9. The number of hydrogen-bond acceptors (Lipinski definition) is 5. The van der Waals surface area contributed by atoms with E-state index in [-0.39, 0.29) is 17.2 Å². The molecule has 1 heterocycles. The molecular weight excluding hydrogens is 446 g/mol. The van der Waals surface area contributed by atoms with Crippen molar-refractivity contribution in [2.75, 3.05) is 19.4 Å². The molecule has 0 bridgehead atoms. The number of amides is 1. The Morgan fingerprint density at radius 3 is 2.56 bits per heavy atom. The van der Waals surface area contributed by atoms with E-state index < -0.39 is 0 Å². The van der Waals surface area contributed by atoms with Crippen LogP contribution < -0.4 is 15.6 Å². The molecule has 6 nitrogen and oxygen atoms in total. The Bertz CT molecular complexity index is 1350. The summed E-state index contributed by atoms with van der Waals surface area (Å²) < 4.78 is 7.02. The monoisotopic (exact) mass is 473 g/mol. The minimum Gasteiger partial charge on any atom is -0.496 e. The number of nitrogens with zero attached hydrogens (tertiary/aromatic N) is 2. The molecule has 4 rings (SSSR count). The highest BCUT2D eigenvalue weighted by molar-refractivity contribution is 7.99. The van der Waals surface area contributed by atoms with E-state index in [9.17, 15) is 9.59 Å². The van der Waals surface area contributed by atoms with Crippen LogP contribution in [0.15, 0.2) is 82.7 Å². The molecule has 0 fully saturated rings. The summed E-state index contributed by atoms with van der Waals surface area (Å²) in [5, 5.41) is 4.05. The average Bonchev–Trinajstić information content (AvgIpc) is 2.86. The highest BCUT2D eigenvalue weighted by Gasteiger charge is 2.14. The van der Waals surface area contributed by atoms with E-state index in [2.05, 4.69) is 5.32 Å². The van der Waals surface area contributed by atoms with Crippen molar-refractivity contribution < 1.29 is 9.53 Å². The molecule has 34 heavy (non-hydrogen) atoms. The molecule has 0 unspecified atom stereocenters. The Morgan fingerprint density at radius 1 is 1.03 bits per heavy atom. The van der Waals surface area contributed by atoms with Gasteiger partial charge in [-0.15, -0.1) is 0 Å². The predicted octanol–water partition coefficient (Wildman–Crippen LogP) is 4.21. The van der Waals surface area contributed by atoms with Crippen molar-refractivity contribution >= 4 is 28.6 Å². The van der Waals surface area contributed by atoms with Gasteiger partial charge in [-0.3, -0.25) is 14.2 Å². The van der Waals surface area contributed by atoms with Gasteiger partial charge in [0, 0.05) is 6.54 Å². The zero-order valence-corrected chi connectivity index (χ0v) is 20.1. The first-order valence-corrected chi connectivity index (χ1v) is 12.1. The number of nitrogens with one attached hydrogen (secondary N) is 1. The highest BCUT2D eigenvalue weighted by Crippen LogP contribution is 2.20. The van der Waals surface area contributed by atoms with Gasteiger partial charge in [-0.1, -0.05) is 71.9 Å². The van der Waals surface area contributed by atoms with Crippen molar-refractivity contribution in [1.29, 1.82) is 0 Å². The average molecular weight is 474 g/mol. The van der Waals surface area contributed by atoms with E-state index in [0.717, 1.165) is 22.4 Å². The second-order valence-corrected chi connectivity index (χ2v) is 8.93. The molecule has 0 aliphatic heterocycles. The zero-order valence-electron chi connectivity index (χ0n) is 19.3. The number of carbonyl (C=O) groups is 1. The predicted molar refractivity (Wildman–Crippen MR) is 137 cm³/mol. The summed E-state index contributed by atoms with van der Waals surface area (Å²) in [4.78, 5) is 30.5. The Balaban J connectivity index is 1.47. The third-order valence-corrected chi connectivity index (χ3v) is 6.51. The lowest BCUT2D eigenvalue weighted by Gasteiger charge is -2.14. The van der Waals surface area contributed by atoms with Crippen LogP contribution in [0.1, 0.15) is 16.7 Å². The lowest BCUT2D eigenvalue weighted by molar-refractivity contribution is -0.118. The van der Waals surface area contributed by atoms with Gasteiger partial charge in [0.1, 0.15) is 5.75 Å². The summed E-state index contributed by atoms with van der Waals surface area (Å²) in [6, 6.07) is 23.1. The number of ether oxygens (including phenoxy) is 1. The Kier molecular flexibility index (Phi) is 7.65. The molecule has 1 aromatic heterocycles. The molecule has 0 radical (unpaired) electrons. The number of para-hydroxylation sites is 2. The lowest BCUT2D eigenvalue weighted by atomic mass is 10.1. The van der Waals surface area contributed by atoms with Crippen LogP contribution in [0.25, 0.3) is 10.9 Å². The second kappa shape index (κ2) is 11.0. The van der Waals surface area contributed by atoms with Gasteiger partial charge in [-0.05, 0) is 42.7 Å². The van der Waals surface area contributed by atoms with Gasteiger partial charge in [0.2, 0.25) is 5.91 Å². The third-order valence-electron chi connectivity index (χ3n) is 5.53. The van der Waals surface area contributed by atoms with Crippen molar-refractivity contribution in [1.82, 2.24) is 14.9 Å². The number of benzene rings is 3. The van der Waals surface area contributed by atoms with Crippen LogP contribution in [-0.2, 0) is 17.8 Å². The number of fused-ring (bicyclic) bond motifs is 1. The van der Waals surface area contributed by atoms with E-state index in [1.165, 1.54) is 11.8 Å². The molecule has 0 spiro atoms. The van der Waals surface area contributed by atoms with E-state index >= 15 is 0 Å². The van der Waals surface area contributed by atoms with Crippen molar-refractivity contribution in [3.05, 3.63) is 99.8 Å². The zero-order chi connectivity index (χ0) is 23.9. The van der Waals surface area contributed by atoms with Gasteiger partial charge in [0.15, 0.2) is 5.16 Å². The van der Waals surface area contributed by atoms with Gasteiger partial charge in [-0.25, -0.2) is 4.98 Å². The molecule has 4 aromatic rings. The third kappa shape index (κ3) is 5.66. The molecular formula is C27H27N3O3S. The smallest absolute Gasteiger partial charge is 0.262 e. The standard InChI is InChI=1S/C27H27N3O3S/c1-19-11-13-20(14-12-19)17-30-26(32)22-8-4-5-9-23(22)29-27(30)34-18-25(31)28-16-15-21-7-3-6-10-24(21)33-2/h3-14H,15-18H2,1-2H3,(H,28,31). The Hall–Kier alpha value is -3.58. The van der Waals surface area contributed by atoms with E-state index in [0.29, 0.717) is 35.6 Å². The van der Waals surface area contributed by atoms with Crippen LogP contribution in [0.4, 0.5) is 0 Å². The number of aromatic nitrogens is 2. The fourth-order valence-electron chi connectivity index (χ4n) is 3.70. The Labute approximate surface area is 203 Å². The molecule has 0 saturated carbocycles. The summed E-state index contributed by atoms with van der Waals surface area (Å²) >= 11 is 1.28. The maximum Gasteiger partial charge on any atom is 0.262 e. The molecule has 1 N–H and O–H groups in total. The summed E-state index contributed by atoms with van der Waals surface area (Å²) in [5.41, 5.74) is 3.73. The van der Waals surface area contributed by atoms with E-state index in [1.54, 1.807) is 17.7 Å². The number of carbonyl (C=O) groups excluding carboxylic acids is 1. The van der Waals surface area contributed by atoms with Gasteiger partial charge >= 0.3 is 0 Å². The summed E-state index contributed by atoms with van der Waals surface area (Å²) in [6.45, 7) is 2.93. The highest BCUT2D eigenvalue weighted by atomic mass is 32.2. The fraction of sp³-hybridized carbons (Fsp3) is 0.222. The summed E-state index contributed by atoms with van der Waals surface area (Å²) in [7, 11) is 1.64. The number of methoxy groups -OCH3 is 1. The minimum absolute atomic E-state index is 0.106. The van der Waals surface area contributed by atoms with Crippen molar-refractivity contribution in [3.63, 3.8) is 0 Å². The number of thioether (sulfide) groups is 1. The fourth-order valence-corrected chi connectivity index (χ4v) is 4.53. The van der Waals surface area contributed by atoms with Crippen LogP contribution in [0.3, 0.4) is 0 Å². The number of hydrogen-bond donors (Lipinski definition) is 1. The Morgan fingerprint density at radius 2 is 1.76 bits per heavy atom. The molecule has 3 aromatic carbocycles. The van der Waals surface area contributed by atoms with Crippen LogP contribution in [-0.4, -0.2) is 34.9 Å². The molecule has 0 atom stereocenters. The maximum absolute atomic E-state index is 13.3. The van der Waals surface area contributed by atoms with Crippen LogP contribution in [0.5, 0.6) is 5.75 Å². The van der Waals surface area contributed by atoms with Crippen molar-refractivity contribution in [3.8, 4) is 5.75 Å². The first kappa shape index (κ1) is 23.6. The molecule has 0 aliphatic rings. The van der Waals surface area contributed by atoms with Gasteiger partial charge in [0.25, 0.3) is 5.56 Å². The molecule has 7 heteroatoms. The quantitative estimate of drug-likeness (QED) is 0.291. The van der Waals surface area contributed by atoms with Crippen LogP contribution >= 0.6 is 11.8 Å². The molecule has 1 amide bonds. The number of aryl methyl sites for hydroxylation is 1. The van der Waals surface area contributed by atoms with Crippen LogP contribution in [0, 0.1) is 6.92 Å². The van der Waals surface area contributed by atoms with Crippen LogP contribution in [0.2, 0.25) is 0 Å². The van der Waals surface area contributed by atoms with E-state index in [1.807, 2.05) is 73.7 Å². The summed E-state index contributed by atoms with van der Waals surface area (Å²) in [5.74, 6) is 0.876. The maximum atomic E-state index is 13.3. The summed E-state index contributed by atoms with van der Waals surface area (Å²) in [6.07, 6.45) is 0.673. The number of rotatable bonds is 9. The molecule has 174 valence electrons. The first-order chi connectivity index (χ1) is 16.5. The first-order valence-electron chi connectivity index (χ1n) is 11.1. The van der Waals surface area contributed by atoms with Crippen molar-refractivity contribution in [2.45, 2.75) is 25.0 Å². The molecule has 0 saturated heterocycles.